The zero-order valence-electron chi connectivity index (χ0n) is 10.0. The zero-order chi connectivity index (χ0) is 11.1. The van der Waals surface area contributed by atoms with E-state index < -0.39 is 0 Å². The third-order valence-corrected chi connectivity index (χ3v) is 3.22. The van der Waals surface area contributed by atoms with Crippen LogP contribution >= 0.6 is 0 Å². The number of aliphatic hydroxyl groups excluding tert-OH is 2. The molecular formula is C12H26O2. The standard InChI is InChI=1S/C12H26O2/c1-5-9(3)11(6-2)12(14)8-7-10(4)13/h9-14H,5-8H2,1-4H3. The zero-order valence-corrected chi connectivity index (χ0v) is 10.0. The van der Waals surface area contributed by atoms with E-state index in [0.717, 1.165) is 19.3 Å². The second kappa shape index (κ2) is 7.24. The summed E-state index contributed by atoms with van der Waals surface area (Å²) in [6.45, 7) is 8.26. The smallest absolute Gasteiger partial charge is 0.0571 e. The molecule has 4 unspecified atom stereocenters. The molecule has 0 saturated carbocycles. The average molecular weight is 202 g/mol. The fourth-order valence-corrected chi connectivity index (χ4v) is 1.98. The van der Waals surface area contributed by atoms with Crippen LogP contribution in [0.2, 0.25) is 0 Å². The molecule has 0 saturated heterocycles. The molecule has 0 rings (SSSR count). The minimum Gasteiger partial charge on any atom is -0.393 e. The Balaban J connectivity index is 3.97. The van der Waals surface area contributed by atoms with E-state index in [4.69, 9.17) is 5.11 Å². The number of hydrogen-bond acceptors (Lipinski definition) is 2. The molecule has 0 aromatic rings. The van der Waals surface area contributed by atoms with Crippen LogP contribution in [0, 0.1) is 11.8 Å². The van der Waals surface area contributed by atoms with Crippen molar-refractivity contribution in [2.75, 3.05) is 0 Å². The highest BCUT2D eigenvalue weighted by Crippen LogP contribution is 2.25. The summed E-state index contributed by atoms with van der Waals surface area (Å²) in [6.07, 6.45) is 3.03. The fraction of sp³-hybridized carbons (Fsp3) is 1.00. The quantitative estimate of drug-likeness (QED) is 0.666. The Kier molecular flexibility index (Phi) is 7.20. The van der Waals surface area contributed by atoms with Gasteiger partial charge in [-0.05, 0) is 31.6 Å². The van der Waals surface area contributed by atoms with Crippen LogP contribution in [-0.2, 0) is 0 Å². The van der Waals surface area contributed by atoms with Crippen molar-refractivity contribution < 1.29 is 10.2 Å². The van der Waals surface area contributed by atoms with Crippen molar-refractivity contribution in [3.63, 3.8) is 0 Å². The van der Waals surface area contributed by atoms with E-state index in [1.807, 2.05) is 0 Å². The van der Waals surface area contributed by atoms with Gasteiger partial charge in [-0.15, -0.1) is 0 Å². The van der Waals surface area contributed by atoms with Crippen molar-refractivity contribution in [3.05, 3.63) is 0 Å². The molecule has 0 aliphatic carbocycles. The van der Waals surface area contributed by atoms with Gasteiger partial charge in [0.1, 0.15) is 0 Å². The summed E-state index contributed by atoms with van der Waals surface area (Å²) >= 11 is 0. The Morgan fingerprint density at radius 3 is 1.86 bits per heavy atom. The van der Waals surface area contributed by atoms with Gasteiger partial charge in [0.2, 0.25) is 0 Å². The van der Waals surface area contributed by atoms with E-state index in [-0.39, 0.29) is 12.2 Å². The predicted molar refractivity (Wildman–Crippen MR) is 60.2 cm³/mol. The van der Waals surface area contributed by atoms with E-state index in [0.29, 0.717) is 18.3 Å². The summed E-state index contributed by atoms with van der Waals surface area (Å²) in [5.74, 6) is 0.961. The number of rotatable bonds is 7. The normalized spacial score (nSPS) is 20.1. The van der Waals surface area contributed by atoms with Crippen molar-refractivity contribution in [3.8, 4) is 0 Å². The van der Waals surface area contributed by atoms with Crippen molar-refractivity contribution in [2.45, 2.75) is 65.6 Å². The number of aliphatic hydroxyl groups is 2. The Bertz CT molecular complexity index is 134. The second-order valence-electron chi connectivity index (χ2n) is 4.45. The lowest BCUT2D eigenvalue weighted by molar-refractivity contribution is 0.0510. The van der Waals surface area contributed by atoms with Gasteiger partial charge in [-0.2, -0.15) is 0 Å². The lowest BCUT2D eigenvalue weighted by atomic mass is 9.83. The third-order valence-electron chi connectivity index (χ3n) is 3.22. The molecule has 0 fully saturated rings. The van der Waals surface area contributed by atoms with E-state index >= 15 is 0 Å². The molecule has 4 atom stereocenters. The Hall–Kier alpha value is -0.0800. The summed E-state index contributed by atoms with van der Waals surface area (Å²) in [6, 6.07) is 0. The topological polar surface area (TPSA) is 40.5 Å². The monoisotopic (exact) mass is 202 g/mol. The first kappa shape index (κ1) is 13.9. The van der Waals surface area contributed by atoms with Crippen LogP contribution in [0.25, 0.3) is 0 Å². The molecule has 0 heterocycles. The van der Waals surface area contributed by atoms with Crippen molar-refractivity contribution in [1.29, 1.82) is 0 Å². The molecule has 2 N–H and O–H groups in total. The van der Waals surface area contributed by atoms with Crippen LogP contribution in [0.4, 0.5) is 0 Å². The maximum atomic E-state index is 9.95. The van der Waals surface area contributed by atoms with Crippen LogP contribution in [0.3, 0.4) is 0 Å². The molecule has 0 spiro atoms. The van der Waals surface area contributed by atoms with E-state index in [2.05, 4.69) is 20.8 Å². The summed E-state index contributed by atoms with van der Waals surface area (Å²) in [5.41, 5.74) is 0. The Morgan fingerprint density at radius 1 is 0.929 bits per heavy atom. The van der Waals surface area contributed by atoms with Gasteiger partial charge in [-0.1, -0.05) is 33.6 Å². The molecule has 14 heavy (non-hydrogen) atoms. The van der Waals surface area contributed by atoms with E-state index in [1.165, 1.54) is 0 Å². The molecule has 0 aromatic heterocycles. The van der Waals surface area contributed by atoms with Gasteiger partial charge in [0, 0.05) is 0 Å². The van der Waals surface area contributed by atoms with Crippen molar-refractivity contribution in [1.82, 2.24) is 0 Å². The third kappa shape index (κ3) is 4.97. The number of hydrogen-bond donors (Lipinski definition) is 2. The predicted octanol–water partition coefficient (Wildman–Crippen LogP) is 2.58. The molecule has 0 amide bonds. The summed E-state index contributed by atoms with van der Waals surface area (Å²) in [7, 11) is 0. The maximum Gasteiger partial charge on any atom is 0.0571 e. The molecule has 2 nitrogen and oxygen atoms in total. The van der Waals surface area contributed by atoms with Gasteiger partial charge in [0.15, 0.2) is 0 Å². The van der Waals surface area contributed by atoms with Crippen LogP contribution in [0.1, 0.15) is 53.4 Å². The first-order chi connectivity index (χ1) is 6.52. The second-order valence-corrected chi connectivity index (χ2v) is 4.45. The van der Waals surface area contributed by atoms with Gasteiger partial charge in [0.25, 0.3) is 0 Å². The van der Waals surface area contributed by atoms with Gasteiger partial charge >= 0.3 is 0 Å². The van der Waals surface area contributed by atoms with Crippen LogP contribution in [0.15, 0.2) is 0 Å². The summed E-state index contributed by atoms with van der Waals surface area (Å²) in [5, 5.41) is 19.1. The van der Waals surface area contributed by atoms with Gasteiger partial charge < -0.3 is 10.2 Å². The highest BCUT2D eigenvalue weighted by Gasteiger charge is 2.22. The van der Waals surface area contributed by atoms with E-state index in [9.17, 15) is 5.11 Å². The molecule has 0 aliphatic rings. The first-order valence-electron chi connectivity index (χ1n) is 5.88. The lowest BCUT2D eigenvalue weighted by Crippen LogP contribution is -2.26. The molecule has 0 radical (unpaired) electrons. The maximum absolute atomic E-state index is 9.95. The summed E-state index contributed by atoms with van der Waals surface area (Å²) < 4.78 is 0. The van der Waals surface area contributed by atoms with E-state index in [1.54, 1.807) is 6.92 Å². The average Bonchev–Trinajstić information content (AvgIpc) is 2.15. The highest BCUT2D eigenvalue weighted by atomic mass is 16.3. The highest BCUT2D eigenvalue weighted by molar-refractivity contribution is 4.73. The molecular weight excluding hydrogens is 176 g/mol. The van der Waals surface area contributed by atoms with Gasteiger partial charge in [-0.3, -0.25) is 0 Å². The largest absolute Gasteiger partial charge is 0.393 e. The molecule has 2 heteroatoms. The van der Waals surface area contributed by atoms with Gasteiger partial charge in [-0.25, -0.2) is 0 Å². The van der Waals surface area contributed by atoms with Crippen molar-refractivity contribution >= 4 is 0 Å². The van der Waals surface area contributed by atoms with Crippen LogP contribution < -0.4 is 0 Å². The SMILES string of the molecule is CCC(C)C(CC)C(O)CCC(C)O. The molecule has 86 valence electrons. The first-order valence-corrected chi connectivity index (χ1v) is 5.88. The fourth-order valence-electron chi connectivity index (χ4n) is 1.98. The minimum atomic E-state index is -0.293. The Labute approximate surface area is 88.3 Å². The van der Waals surface area contributed by atoms with Gasteiger partial charge in [0.05, 0.1) is 12.2 Å². The van der Waals surface area contributed by atoms with Crippen molar-refractivity contribution in [2.24, 2.45) is 11.8 Å². The molecule has 0 aliphatic heterocycles. The molecule has 0 bridgehead atoms. The van der Waals surface area contributed by atoms with Crippen LogP contribution in [0.5, 0.6) is 0 Å². The molecule has 0 aromatic carbocycles. The van der Waals surface area contributed by atoms with Crippen LogP contribution in [-0.4, -0.2) is 22.4 Å². The Morgan fingerprint density at radius 2 is 1.50 bits per heavy atom. The lowest BCUT2D eigenvalue weighted by Gasteiger charge is -2.27. The minimum absolute atomic E-state index is 0.246. The summed E-state index contributed by atoms with van der Waals surface area (Å²) in [4.78, 5) is 0.